The molecular formula is C15H23NO4S. The van der Waals surface area contributed by atoms with Gasteiger partial charge in [-0.15, -0.1) is 0 Å². The predicted octanol–water partition coefficient (Wildman–Crippen LogP) is 2.00. The van der Waals surface area contributed by atoms with Gasteiger partial charge in [0.15, 0.2) is 9.84 Å². The largest absolute Gasteiger partial charge is 0.462 e. The van der Waals surface area contributed by atoms with Crippen LogP contribution in [0.25, 0.3) is 0 Å². The Bertz CT molecular complexity index is 580. The number of methoxy groups -OCH3 is 1. The third-order valence-electron chi connectivity index (χ3n) is 4.48. The highest BCUT2D eigenvalue weighted by molar-refractivity contribution is 7.91. The third-order valence-corrected chi connectivity index (χ3v) is 6.32. The molecule has 2 fully saturated rings. The van der Waals surface area contributed by atoms with Crippen LogP contribution in [0.1, 0.15) is 36.8 Å². The zero-order valence-corrected chi connectivity index (χ0v) is 13.3. The van der Waals surface area contributed by atoms with Gasteiger partial charge in [0.1, 0.15) is 18.1 Å². The first-order valence-corrected chi connectivity index (χ1v) is 9.41. The summed E-state index contributed by atoms with van der Waals surface area (Å²) in [7, 11) is -1.13. The van der Waals surface area contributed by atoms with Gasteiger partial charge in [-0.25, -0.2) is 8.42 Å². The van der Waals surface area contributed by atoms with E-state index in [0.29, 0.717) is 24.2 Å². The van der Waals surface area contributed by atoms with Crippen molar-refractivity contribution in [1.29, 1.82) is 0 Å². The van der Waals surface area contributed by atoms with Gasteiger partial charge in [-0.1, -0.05) is 0 Å². The van der Waals surface area contributed by atoms with Gasteiger partial charge in [-0.05, 0) is 43.9 Å². The smallest absolute Gasteiger partial charge is 0.150 e. The van der Waals surface area contributed by atoms with Crippen molar-refractivity contribution in [2.24, 2.45) is 5.92 Å². The van der Waals surface area contributed by atoms with Crippen LogP contribution in [0.3, 0.4) is 0 Å². The van der Waals surface area contributed by atoms with Crippen molar-refractivity contribution in [2.75, 3.05) is 31.7 Å². The van der Waals surface area contributed by atoms with Crippen molar-refractivity contribution in [3.8, 4) is 0 Å². The SMILES string of the molecule is COCc1ccc([C@H]2CCCN2C[C@H]2CCS(=O)(=O)C2)o1. The number of ether oxygens (including phenoxy) is 1. The number of likely N-dealkylation sites (tertiary alicyclic amines) is 1. The fraction of sp³-hybridized carbons (Fsp3) is 0.733. The number of rotatable bonds is 5. The molecule has 0 bridgehead atoms. The molecule has 6 heteroatoms. The molecule has 118 valence electrons. The molecule has 0 spiro atoms. The van der Waals surface area contributed by atoms with E-state index in [1.807, 2.05) is 12.1 Å². The van der Waals surface area contributed by atoms with E-state index in [1.54, 1.807) is 7.11 Å². The summed E-state index contributed by atoms with van der Waals surface area (Å²) < 4.78 is 34.1. The number of furan rings is 1. The van der Waals surface area contributed by atoms with Crippen LogP contribution in [-0.4, -0.2) is 45.0 Å². The molecular weight excluding hydrogens is 290 g/mol. The maximum atomic E-state index is 11.6. The fourth-order valence-electron chi connectivity index (χ4n) is 3.51. The average molecular weight is 313 g/mol. The molecule has 0 saturated carbocycles. The Morgan fingerprint density at radius 2 is 2.24 bits per heavy atom. The van der Waals surface area contributed by atoms with Gasteiger partial charge < -0.3 is 9.15 Å². The molecule has 2 aliphatic heterocycles. The Labute approximate surface area is 126 Å². The molecule has 3 rings (SSSR count). The summed E-state index contributed by atoms with van der Waals surface area (Å²) in [5.41, 5.74) is 0. The minimum absolute atomic E-state index is 0.281. The summed E-state index contributed by atoms with van der Waals surface area (Å²) in [6.07, 6.45) is 3.03. The minimum atomic E-state index is -2.79. The van der Waals surface area contributed by atoms with E-state index in [2.05, 4.69) is 4.90 Å². The highest BCUT2D eigenvalue weighted by atomic mass is 32.2. The van der Waals surface area contributed by atoms with E-state index in [-0.39, 0.29) is 5.92 Å². The zero-order chi connectivity index (χ0) is 14.9. The van der Waals surface area contributed by atoms with Crippen LogP contribution in [0.15, 0.2) is 16.5 Å². The van der Waals surface area contributed by atoms with Crippen molar-refractivity contribution >= 4 is 9.84 Å². The molecule has 5 nitrogen and oxygen atoms in total. The average Bonchev–Trinajstić information content (AvgIpc) is 3.11. The summed E-state index contributed by atoms with van der Waals surface area (Å²) in [5.74, 6) is 2.82. The molecule has 2 atom stereocenters. The number of hydrogen-bond donors (Lipinski definition) is 0. The quantitative estimate of drug-likeness (QED) is 0.832. The maximum Gasteiger partial charge on any atom is 0.150 e. The van der Waals surface area contributed by atoms with Crippen molar-refractivity contribution < 1.29 is 17.6 Å². The lowest BCUT2D eigenvalue weighted by atomic mass is 10.1. The van der Waals surface area contributed by atoms with Crippen LogP contribution in [0.5, 0.6) is 0 Å². The van der Waals surface area contributed by atoms with Crippen LogP contribution in [0.4, 0.5) is 0 Å². The molecule has 2 saturated heterocycles. The monoisotopic (exact) mass is 313 g/mol. The molecule has 21 heavy (non-hydrogen) atoms. The third kappa shape index (κ3) is 3.49. The second kappa shape index (κ2) is 6.10. The van der Waals surface area contributed by atoms with Crippen molar-refractivity contribution in [2.45, 2.75) is 31.9 Å². The predicted molar refractivity (Wildman–Crippen MR) is 79.7 cm³/mol. The molecule has 1 aromatic heterocycles. The van der Waals surface area contributed by atoms with Crippen molar-refractivity contribution in [3.63, 3.8) is 0 Å². The van der Waals surface area contributed by atoms with E-state index in [9.17, 15) is 8.42 Å². The first-order valence-electron chi connectivity index (χ1n) is 7.59. The number of hydrogen-bond acceptors (Lipinski definition) is 5. The molecule has 0 N–H and O–H groups in total. The number of sulfone groups is 1. The minimum Gasteiger partial charge on any atom is -0.462 e. The van der Waals surface area contributed by atoms with Gasteiger partial charge in [0.05, 0.1) is 17.5 Å². The van der Waals surface area contributed by atoms with Crippen LogP contribution in [0, 0.1) is 5.92 Å². The molecule has 0 amide bonds. The number of nitrogens with zero attached hydrogens (tertiary/aromatic N) is 1. The zero-order valence-electron chi connectivity index (χ0n) is 12.5. The Kier molecular flexibility index (Phi) is 4.38. The van der Waals surface area contributed by atoms with Crippen LogP contribution < -0.4 is 0 Å². The van der Waals surface area contributed by atoms with Crippen molar-refractivity contribution in [3.05, 3.63) is 23.7 Å². The Morgan fingerprint density at radius 3 is 2.95 bits per heavy atom. The lowest BCUT2D eigenvalue weighted by Gasteiger charge is -2.25. The standard InChI is InChI=1S/C15H23NO4S/c1-19-10-13-4-5-15(20-13)14-3-2-7-16(14)9-12-6-8-21(17,18)11-12/h4-5,12,14H,2-3,6-11H2,1H3/t12-,14-/m1/s1. The Hall–Kier alpha value is -0.850. The van der Waals surface area contributed by atoms with E-state index in [0.717, 1.165) is 43.9 Å². The molecule has 2 aliphatic rings. The maximum absolute atomic E-state index is 11.6. The van der Waals surface area contributed by atoms with Gasteiger partial charge in [-0.3, -0.25) is 4.90 Å². The van der Waals surface area contributed by atoms with Gasteiger partial charge in [-0.2, -0.15) is 0 Å². The molecule has 0 radical (unpaired) electrons. The summed E-state index contributed by atoms with van der Waals surface area (Å²) in [5, 5.41) is 0. The molecule has 1 aromatic rings. The molecule has 0 unspecified atom stereocenters. The van der Waals surface area contributed by atoms with Gasteiger partial charge in [0.25, 0.3) is 0 Å². The summed E-state index contributed by atoms with van der Waals surface area (Å²) >= 11 is 0. The Balaban J connectivity index is 1.65. The van der Waals surface area contributed by atoms with E-state index < -0.39 is 9.84 Å². The molecule has 0 aromatic carbocycles. The van der Waals surface area contributed by atoms with Crippen LogP contribution in [0.2, 0.25) is 0 Å². The van der Waals surface area contributed by atoms with E-state index in [1.165, 1.54) is 0 Å². The van der Waals surface area contributed by atoms with Gasteiger partial charge in [0.2, 0.25) is 0 Å². The lowest BCUT2D eigenvalue weighted by molar-refractivity contribution is 0.154. The first kappa shape index (κ1) is 15.1. The normalized spacial score (nSPS) is 29.2. The lowest BCUT2D eigenvalue weighted by Crippen LogP contribution is -2.29. The van der Waals surface area contributed by atoms with Crippen molar-refractivity contribution in [1.82, 2.24) is 4.90 Å². The van der Waals surface area contributed by atoms with E-state index >= 15 is 0 Å². The van der Waals surface area contributed by atoms with E-state index in [4.69, 9.17) is 9.15 Å². The second-order valence-corrected chi connectivity index (χ2v) is 8.39. The second-order valence-electron chi connectivity index (χ2n) is 6.16. The highest BCUT2D eigenvalue weighted by Gasteiger charge is 2.34. The molecule has 3 heterocycles. The first-order chi connectivity index (χ1) is 10.1. The highest BCUT2D eigenvalue weighted by Crippen LogP contribution is 2.34. The van der Waals surface area contributed by atoms with Crippen LogP contribution >= 0.6 is 0 Å². The van der Waals surface area contributed by atoms with Gasteiger partial charge in [0, 0.05) is 13.7 Å². The molecule has 0 aliphatic carbocycles. The topological polar surface area (TPSA) is 59.8 Å². The summed E-state index contributed by atoms with van der Waals surface area (Å²) in [4.78, 5) is 2.39. The summed E-state index contributed by atoms with van der Waals surface area (Å²) in [6, 6.07) is 4.29. The fourth-order valence-corrected chi connectivity index (χ4v) is 5.36. The van der Waals surface area contributed by atoms with Crippen LogP contribution in [-0.2, 0) is 21.2 Å². The Morgan fingerprint density at radius 1 is 1.38 bits per heavy atom. The van der Waals surface area contributed by atoms with Gasteiger partial charge >= 0.3 is 0 Å². The summed E-state index contributed by atoms with van der Waals surface area (Å²) in [6.45, 7) is 2.39.